The van der Waals surface area contributed by atoms with E-state index in [1.165, 1.54) is 0 Å². The minimum absolute atomic E-state index is 0.374. The average molecular weight is 274 g/mol. The zero-order valence-corrected chi connectivity index (χ0v) is 10.0. The summed E-state index contributed by atoms with van der Waals surface area (Å²) in [4.78, 5) is 21.1. The molecule has 0 heterocycles. The van der Waals surface area contributed by atoms with Gasteiger partial charge in [0.15, 0.2) is 0 Å². The predicted molar refractivity (Wildman–Crippen MR) is 61.6 cm³/mol. The predicted octanol–water partition coefficient (Wildman–Crippen LogP) is 1.37. The van der Waals surface area contributed by atoms with Crippen LogP contribution in [0.5, 0.6) is 0 Å². The highest BCUT2D eigenvalue weighted by atomic mass is 19.1. The van der Waals surface area contributed by atoms with Gasteiger partial charge in [-0.25, -0.2) is 4.39 Å². The molecule has 0 aliphatic rings. The van der Waals surface area contributed by atoms with Gasteiger partial charge in [0.25, 0.3) is 5.91 Å². The van der Waals surface area contributed by atoms with Gasteiger partial charge in [-0.2, -0.15) is 4.39 Å². The molecule has 6 nitrogen and oxygen atoms in total. The number of nitro groups is 1. The number of aliphatic hydroxyl groups is 1. The molecule has 1 rings (SSSR count). The number of nitrogens with zero attached hydrogens (tertiary/aromatic N) is 1. The van der Waals surface area contributed by atoms with Crippen LogP contribution in [0.25, 0.3) is 0 Å². The third-order valence-corrected chi connectivity index (χ3v) is 2.51. The maximum Gasteiger partial charge on any atom is 0.308 e. The fraction of sp³-hybridized carbons (Fsp3) is 0.364. The minimum atomic E-state index is -1.41. The molecule has 1 atom stereocenters. The largest absolute Gasteiger partial charge is 0.394 e. The highest BCUT2D eigenvalue weighted by Gasteiger charge is 2.25. The molecule has 19 heavy (non-hydrogen) atoms. The van der Waals surface area contributed by atoms with Crippen molar-refractivity contribution in [3.63, 3.8) is 0 Å². The second-order valence-corrected chi connectivity index (χ2v) is 3.80. The van der Waals surface area contributed by atoms with Gasteiger partial charge >= 0.3 is 5.69 Å². The van der Waals surface area contributed by atoms with E-state index in [2.05, 4.69) is 5.32 Å². The van der Waals surface area contributed by atoms with Crippen LogP contribution < -0.4 is 5.32 Å². The summed E-state index contributed by atoms with van der Waals surface area (Å²) in [5, 5.41) is 21.7. The Bertz CT molecular complexity index is 504. The first-order valence-electron chi connectivity index (χ1n) is 5.45. The zero-order valence-electron chi connectivity index (χ0n) is 10.0. The number of hydrogen-bond donors (Lipinski definition) is 2. The third-order valence-electron chi connectivity index (χ3n) is 2.51. The maximum absolute atomic E-state index is 13.7. The maximum atomic E-state index is 13.7. The number of amides is 1. The van der Waals surface area contributed by atoms with E-state index in [0.717, 1.165) is 0 Å². The lowest BCUT2D eigenvalue weighted by molar-refractivity contribution is -0.387. The number of nitro benzene ring substituents is 1. The number of halogens is 2. The van der Waals surface area contributed by atoms with Crippen LogP contribution in [0.3, 0.4) is 0 Å². The molecular weight excluding hydrogens is 262 g/mol. The van der Waals surface area contributed by atoms with E-state index in [-0.39, 0.29) is 6.61 Å². The van der Waals surface area contributed by atoms with E-state index in [1.807, 2.05) is 0 Å². The number of nitrogens with one attached hydrogen (secondary N) is 1. The fourth-order valence-corrected chi connectivity index (χ4v) is 1.41. The highest BCUT2D eigenvalue weighted by molar-refractivity contribution is 5.95. The molecule has 0 unspecified atom stereocenters. The van der Waals surface area contributed by atoms with Gasteiger partial charge in [0.1, 0.15) is 5.82 Å². The lowest BCUT2D eigenvalue weighted by Gasteiger charge is -2.14. The molecule has 0 bridgehead atoms. The molecule has 0 saturated heterocycles. The molecule has 0 radical (unpaired) electrons. The molecule has 1 amide bonds. The van der Waals surface area contributed by atoms with Gasteiger partial charge in [-0.15, -0.1) is 0 Å². The number of hydrogen-bond acceptors (Lipinski definition) is 4. The Morgan fingerprint density at radius 1 is 1.53 bits per heavy atom. The Hall–Kier alpha value is -2.09. The van der Waals surface area contributed by atoms with Gasteiger partial charge in [-0.1, -0.05) is 6.92 Å². The van der Waals surface area contributed by atoms with Crippen molar-refractivity contribution in [3.8, 4) is 0 Å². The lowest BCUT2D eigenvalue weighted by Crippen LogP contribution is -2.37. The van der Waals surface area contributed by atoms with E-state index in [0.29, 0.717) is 18.6 Å². The number of rotatable bonds is 5. The standard InChI is InChI=1S/C11H12F2N2O4/c1-2-7(5-16)14-11(17)8-3-6(12)4-9(10(8)13)15(18)19/h3-4,7,16H,2,5H2,1H3,(H,14,17)/t7-/m1/s1. The van der Waals surface area contributed by atoms with Gasteiger partial charge in [-0.05, 0) is 12.5 Å². The number of aliphatic hydroxyl groups excluding tert-OH is 1. The molecular formula is C11H12F2N2O4. The van der Waals surface area contributed by atoms with Crippen molar-refractivity contribution in [2.75, 3.05) is 6.61 Å². The van der Waals surface area contributed by atoms with Crippen LogP contribution in [-0.2, 0) is 0 Å². The second-order valence-electron chi connectivity index (χ2n) is 3.80. The van der Waals surface area contributed by atoms with Crippen molar-refractivity contribution >= 4 is 11.6 Å². The Balaban J connectivity index is 3.13. The molecule has 0 spiro atoms. The Labute approximate surface area is 107 Å². The molecule has 0 aliphatic heterocycles. The van der Waals surface area contributed by atoms with Gasteiger partial charge < -0.3 is 10.4 Å². The summed E-state index contributed by atoms with van der Waals surface area (Å²) in [5.41, 5.74) is -1.87. The summed E-state index contributed by atoms with van der Waals surface area (Å²) in [5.74, 6) is -3.51. The Morgan fingerprint density at radius 2 is 2.16 bits per heavy atom. The first-order chi connectivity index (χ1) is 8.90. The Kier molecular flexibility index (Phi) is 4.87. The van der Waals surface area contributed by atoms with E-state index in [1.54, 1.807) is 6.92 Å². The van der Waals surface area contributed by atoms with E-state index < -0.39 is 39.8 Å². The van der Waals surface area contributed by atoms with Crippen LogP contribution in [0.15, 0.2) is 12.1 Å². The second kappa shape index (κ2) is 6.19. The molecule has 0 aliphatic carbocycles. The van der Waals surface area contributed by atoms with Gasteiger partial charge in [0.2, 0.25) is 5.82 Å². The molecule has 1 aromatic rings. The van der Waals surface area contributed by atoms with Gasteiger partial charge in [0, 0.05) is 0 Å². The van der Waals surface area contributed by atoms with Crippen molar-refractivity contribution in [3.05, 3.63) is 39.4 Å². The molecule has 0 fully saturated rings. The summed E-state index contributed by atoms with van der Waals surface area (Å²) < 4.78 is 26.8. The van der Waals surface area contributed by atoms with E-state index in [4.69, 9.17) is 5.11 Å². The van der Waals surface area contributed by atoms with Crippen molar-refractivity contribution < 1.29 is 23.6 Å². The molecule has 8 heteroatoms. The molecule has 0 aromatic heterocycles. The summed E-state index contributed by atoms with van der Waals surface area (Å²) in [7, 11) is 0. The lowest BCUT2D eigenvalue weighted by atomic mass is 10.1. The smallest absolute Gasteiger partial charge is 0.308 e. The van der Waals surface area contributed by atoms with Crippen LogP contribution in [0, 0.1) is 21.7 Å². The normalized spacial score (nSPS) is 12.0. The first kappa shape index (κ1) is 15.0. The summed E-state index contributed by atoms with van der Waals surface area (Å²) in [6.07, 6.45) is 0.376. The summed E-state index contributed by atoms with van der Waals surface area (Å²) >= 11 is 0. The van der Waals surface area contributed by atoms with E-state index >= 15 is 0 Å². The minimum Gasteiger partial charge on any atom is -0.394 e. The number of carbonyl (C=O) groups is 1. The topological polar surface area (TPSA) is 92.5 Å². The Morgan fingerprint density at radius 3 is 2.63 bits per heavy atom. The van der Waals surface area contributed by atoms with Crippen LogP contribution in [0.4, 0.5) is 14.5 Å². The highest BCUT2D eigenvalue weighted by Crippen LogP contribution is 2.22. The van der Waals surface area contributed by atoms with Gasteiger partial charge in [-0.3, -0.25) is 14.9 Å². The summed E-state index contributed by atoms with van der Waals surface area (Å²) in [6.45, 7) is 1.30. The molecule has 1 aromatic carbocycles. The summed E-state index contributed by atoms with van der Waals surface area (Å²) in [6, 6.07) is 0.339. The van der Waals surface area contributed by atoms with Crippen LogP contribution >= 0.6 is 0 Å². The number of benzene rings is 1. The fourth-order valence-electron chi connectivity index (χ4n) is 1.41. The van der Waals surface area contributed by atoms with Crippen LogP contribution in [0.1, 0.15) is 23.7 Å². The van der Waals surface area contributed by atoms with Crippen molar-refractivity contribution in [1.82, 2.24) is 5.32 Å². The van der Waals surface area contributed by atoms with Crippen molar-refractivity contribution in [2.45, 2.75) is 19.4 Å². The SMILES string of the molecule is CC[C@H](CO)NC(=O)c1cc(F)cc([N+](=O)[O-])c1F. The van der Waals surface area contributed by atoms with E-state index in [9.17, 15) is 23.7 Å². The van der Waals surface area contributed by atoms with Crippen molar-refractivity contribution in [2.24, 2.45) is 0 Å². The monoisotopic (exact) mass is 274 g/mol. The molecule has 2 N–H and O–H groups in total. The average Bonchev–Trinajstić information content (AvgIpc) is 2.37. The van der Waals surface area contributed by atoms with Gasteiger partial charge in [0.05, 0.1) is 29.2 Å². The first-order valence-corrected chi connectivity index (χ1v) is 5.45. The quantitative estimate of drug-likeness (QED) is 0.626. The molecule has 0 saturated carbocycles. The van der Waals surface area contributed by atoms with Crippen molar-refractivity contribution in [1.29, 1.82) is 0 Å². The zero-order chi connectivity index (χ0) is 14.6. The van der Waals surface area contributed by atoms with Crippen LogP contribution in [0.2, 0.25) is 0 Å². The number of carbonyl (C=O) groups excluding carboxylic acids is 1. The third kappa shape index (κ3) is 3.44. The van der Waals surface area contributed by atoms with Crippen LogP contribution in [-0.4, -0.2) is 28.6 Å². The molecule has 104 valence electrons.